The summed E-state index contributed by atoms with van der Waals surface area (Å²) in [6.07, 6.45) is -1.65. The highest BCUT2D eigenvalue weighted by atomic mass is 32.2. The van der Waals surface area contributed by atoms with E-state index in [4.69, 9.17) is 9.47 Å². The Kier molecular flexibility index (Phi) is 4.77. The molecule has 31 heavy (non-hydrogen) atoms. The maximum absolute atomic E-state index is 14.2. The molecule has 9 nitrogen and oxygen atoms in total. The first-order chi connectivity index (χ1) is 14.3. The van der Waals surface area contributed by atoms with E-state index in [1.54, 1.807) is 0 Å². The Morgan fingerprint density at radius 1 is 1.06 bits per heavy atom. The molecule has 6 unspecified atom stereocenters. The standard InChI is InChI=1S/C17H12F4O9S/c1-3(22)28-12-4-2-5-7(16(23)29-13(5)12)6(4)17(24)30-14-8(18)10(20)15(31(25,26)27)11(21)9(14)19/h4-7,12-13H,2H2,1H3,(H,25,26,27)/p-1. The summed E-state index contributed by atoms with van der Waals surface area (Å²) >= 11 is 0. The Morgan fingerprint density at radius 2 is 1.65 bits per heavy atom. The Morgan fingerprint density at radius 3 is 2.16 bits per heavy atom. The van der Waals surface area contributed by atoms with Crippen molar-refractivity contribution in [3.8, 4) is 5.75 Å². The van der Waals surface area contributed by atoms with Crippen molar-refractivity contribution < 1.29 is 59.1 Å². The van der Waals surface area contributed by atoms with Gasteiger partial charge in [0.2, 0.25) is 17.4 Å². The number of hydrogen-bond acceptors (Lipinski definition) is 9. The van der Waals surface area contributed by atoms with Gasteiger partial charge in [0.1, 0.15) is 27.2 Å². The molecule has 2 aliphatic carbocycles. The average Bonchev–Trinajstić information content (AvgIpc) is 3.26. The zero-order chi connectivity index (χ0) is 23.0. The van der Waals surface area contributed by atoms with Gasteiger partial charge in [0.25, 0.3) is 0 Å². The zero-order valence-corrected chi connectivity index (χ0v) is 16.1. The van der Waals surface area contributed by atoms with Gasteiger partial charge < -0.3 is 18.8 Å². The first-order valence-corrected chi connectivity index (χ1v) is 10.2. The summed E-state index contributed by atoms with van der Waals surface area (Å²) in [6, 6.07) is 0. The molecule has 168 valence electrons. The van der Waals surface area contributed by atoms with Crippen LogP contribution >= 0.6 is 0 Å². The third kappa shape index (κ3) is 3.07. The van der Waals surface area contributed by atoms with Crippen LogP contribution in [0.2, 0.25) is 0 Å². The van der Waals surface area contributed by atoms with Crippen molar-refractivity contribution in [2.45, 2.75) is 30.4 Å². The summed E-state index contributed by atoms with van der Waals surface area (Å²) in [5.41, 5.74) is 0. The van der Waals surface area contributed by atoms with Crippen molar-refractivity contribution in [2.24, 2.45) is 23.7 Å². The van der Waals surface area contributed by atoms with Gasteiger partial charge >= 0.3 is 17.9 Å². The van der Waals surface area contributed by atoms with E-state index in [0.29, 0.717) is 0 Å². The molecule has 1 saturated heterocycles. The smallest absolute Gasteiger partial charge is 0.315 e. The van der Waals surface area contributed by atoms with Crippen LogP contribution in [0.5, 0.6) is 5.75 Å². The van der Waals surface area contributed by atoms with Crippen molar-refractivity contribution in [2.75, 3.05) is 0 Å². The van der Waals surface area contributed by atoms with Crippen molar-refractivity contribution >= 4 is 28.0 Å². The first kappa shape index (κ1) is 21.5. The van der Waals surface area contributed by atoms with E-state index in [1.165, 1.54) is 0 Å². The number of carbonyl (C=O) groups excluding carboxylic acids is 3. The highest BCUT2D eigenvalue weighted by Crippen LogP contribution is 2.59. The zero-order valence-electron chi connectivity index (χ0n) is 15.3. The van der Waals surface area contributed by atoms with E-state index in [-0.39, 0.29) is 6.42 Å². The molecule has 6 atom stereocenters. The number of rotatable bonds is 4. The molecule has 1 aromatic rings. The number of hydrogen-bond donors (Lipinski definition) is 0. The Bertz CT molecular complexity index is 1110. The molecule has 0 radical (unpaired) electrons. The van der Waals surface area contributed by atoms with E-state index in [2.05, 4.69) is 4.74 Å². The van der Waals surface area contributed by atoms with Crippen LogP contribution in [0.25, 0.3) is 0 Å². The lowest BCUT2D eigenvalue weighted by atomic mass is 9.78. The summed E-state index contributed by atoms with van der Waals surface area (Å²) < 4.78 is 104. The van der Waals surface area contributed by atoms with Gasteiger partial charge in [0.05, 0.1) is 11.8 Å². The molecule has 2 saturated carbocycles. The van der Waals surface area contributed by atoms with E-state index < -0.39 is 97.8 Å². The van der Waals surface area contributed by atoms with E-state index in [0.717, 1.165) is 6.92 Å². The number of esters is 3. The lowest BCUT2D eigenvalue weighted by Gasteiger charge is -2.29. The van der Waals surface area contributed by atoms with Crippen LogP contribution in [0.15, 0.2) is 4.90 Å². The van der Waals surface area contributed by atoms with Gasteiger partial charge in [0.15, 0.2) is 11.6 Å². The molecular formula is C17H11F4O9S-. The molecule has 0 N–H and O–H groups in total. The number of ether oxygens (including phenoxy) is 3. The molecule has 4 rings (SSSR count). The van der Waals surface area contributed by atoms with Gasteiger partial charge in [-0.3, -0.25) is 14.4 Å². The number of halogens is 4. The SMILES string of the molecule is CC(=O)OC1C2CC3C1OC(=O)C3C2C(=O)Oc1c(F)c(F)c(S(=O)(=O)[O-])c(F)c1F. The van der Waals surface area contributed by atoms with E-state index in [1.807, 2.05) is 0 Å². The lowest BCUT2D eigenvalue weighted by Crippen LogP contribution is -2.44. The number of benzene rings is 1. The molecule has 1 aliphatic heterocycles. The predicted octanol–water partition coefficient (Wildman–Crippen LogP) is 0.792. The highest BCUT2D eigenvalue weighted by molar-refractivity contribution is 7.85. The van der Waals surface area contributed by atoms with Crippen LogP contribution in [0.1, 0.15) is 13.3 Å². The number of fused-ring (bicyclic) bond motifs is 1. The molecule has 14 heteroatoms. The van der Waals surface area contributed by atoms with Gasteiger partial charge in [-0.15, -0.1) is 0 Å². The summed E-state index contributed by atoms with van der Waals surface area (Å²) in [4.78, 5) is 33.7. The van der Waals surface area contributed by atoms with Crippen LogP contribution < -0.4 is 4.74 Å². The fourth-order valence-electron chi connectivity index (χ4n) is 4.73. The van der Waals surface area contributed by atoms with Crippen LogP contribution in [0.3, 0.4) is 0 Å². The maximum Gasteiger partial charge on any atom is 0.315 e. The minimum absolute atomic E-state index is 0.180. The number of carbonyl (C=O) groups is 3. The van der Waals surface area contributed by atoms with Crippen LogP contribution in [-0.4, -0.2) is 43.1 Å². The Balaban J connectivity index is 1.69. The maximum atomic E-state index is 14.2. The van der Waals surface area contributed by atoms with Gasteiger partial charge in [-0.1, -0.05) is 0 Å². The Hall–Kier alpha value is -2.74. The van der Waals surface area contributed by atoms with Gasteiger partial charge in [-0.25, -0.2) is 17.2 Å². The summed E-state index contributed by atoms with van der Waals surface area (Å²) in [5.74, 6) is -18.8. The average molecular weight is 467 g/mol. The first-order valence-electron chi connectivity index (χ1n) is 8.75. The van der Waals surface area contributed by atoms with E-state index >= 15 is 0 Å². The van der Waals surface area contributed by atoms with Crippen LogP contribution in [0, 0.1) is 46.9 Å². The Labute approximate surface area is 171 Å². The largest absolute Gasteiger partial charge is 0.744 e. The summed E-state index contributed by atoms with van der Waals surface area (Å²) in [7, 11) is -5.94. The minimum atomic E-state index is -5.94. The van der Waals surface area contributed by atoms with Gasteiger partial charge in [0, 0.05) is 18.8 Å². The molecular weight excluding hydrogens is 456 g/mol. The second kappa shape index (κ2) is 6.88. The van der Waals surface area contributed by atoms with Crippen molar-refractivity contribution in [3.63, 3.8) is 0 Å². The molecule has 0 spiro atoms. The molecule has 0 amide bonds. The lowest BCUT2D eigenvalue weighted by molar-refractivity contribution is -0.161. The normalized spacial score (nSPS) is 31.0. The molecule has 0 aromatic heterocycles. The molecule has 1 aromatic carbocycles. The molecule has 3 aliphatic rings. The second-order valence-electron chi connectivity index (χ2n) is 7.38. The van der Waals surface area contributed by atoms with Crippen LogP contribution in [0.4, 0.5) is 17.6 Å². The van der Waals surface area contributed by atoms with Crippen LogP contribution in [-0.2, 0) is 34.0 Å². The minimum Gasteiger partial charge on any atom is -0.744 e. The molecule has 3 fully saturated rings. The van der Waals surface area contributed by atoms with Gasteiger partial charge in [-0.05, 0) is 6.42 Å². The quantitative estimate of drug-likeness (QED) is 0.207. The summed E-state index contributed by atoms with van der Waals surface area (Å²) in [5, 5.41) is 0. The van der Waals surface area contributed by atoms with Crippen molar-refractivity contribution in [1.29, 1.82) is 0 Å². The van der Waals surface area contributed by atoms with E-state index in [9.17, 15) is 44.9 Å². The molecule has 2 bridgehead atoms. The fourth-order valence-corrected chi connectivity index (χ4v) is 5.35. The predicted molar refractivity (Wildman–Crippen MR) is 83.9 cm³/mol. The third-order valence-electron chi connectivity index (χ3n) is 5.76. The molecule has 1 heterocycles. The fraction of sp³-hybridized carbons (Fsp3) is 0.471. The third-order valence-corrected chi connectivity index (χ3v) is 6.61. The topological polar surface area (TPSA) is 136 Å². The second-order valence-corrected chi connectivity index (χ2v) is 8.70. The highest BCUT2D eigenvalue weighted by Gasteiger charge is 2.70. The monoisotopic (exact) mass is 467 g/mol. The summed E-state index contributed by atoms with van der Waals surface area (Å²) in [6.45, 7) is 1.08. The van der Waals surface area contributed by atoms with Gasteiger partial charge in [-0.2, -0.15) is 8.78 Å². The van der Waals surface area contributed by atoms with Crippen molar-refractivity contribution in [3.05, 3.63) is 23.3 Å². The van der Waals surface area contributed by atoms with Crippen molar-refractivity contribution in [1.82, 2.24) is 0 Å².